The van der Waals surface area contributed by atoms with E-state index in [0.29, 0.717) is 30.6 Å². The Morgan fingerprint density at radius 3 is 2.64 bits per heavy atom. The maximum absolute atomic E-state index is 13.3. The first-order valence-electron chi connectivity index (χ1n) is 15.6. The Bertz CT molecular complexity index is 1530. The standard InChI is InChI=1S/C34H41N3O8/c1-19(36-30(39)24(35)16-21-8-5-4-6-9-21)31(40)43-20(2)32(41)44-25-12-14-34(42)26-17-22-10-11-23(18-38)28-27(22)33(34,29(25)45-28)13-7-15-37(26)3/h4-6,8-12,19-20,24,26,29,38,42H,7,13-18,35H2,1-3H3,(H,36,39)/t19-,20-,24-,26+,29-,33-,34+/m0/s1. The number of nitrogens with two attached hydrogens (primary N) is 1. The molecule has 240 valence electrons. The Balaban J connectivity index is 1.16. The van der Waals surface area contributed by atoms with Crippen LogP contribution in [0.5, 0.6) is 5.75 Å². The van der Waals surface area contributed by atoms with Gasteiger partial charge in [0, 0.05) is 23.6 Å². The first-order valence-corrected chi connectivity index (χ1v) is 15.6. The number of likely N-dealkylation sites (N-methyl/N-ethyl adjacent to an activating group) is 1. The molecule has 7 atom stereocenters. The summed E-state index contributed by atoms with van der Waals surface area (Å²) in [4.78, 5) is 40.9. The van der Waals surface area contributed by atoms with Crippen LogP contribution in [-0.2, 0) is 48.7 Å². The molecule has 4 aliphatic rings. The number of aliphatic hydroxyl groups is 2. The number of aliphatic hydroxyl groups excluding tert-OH is 1. The summed E-state index contributed by atoms with van der Waals surface area (Å²) in [5.41, 5.74) is 7.43. The Hall–Kier alpha value is -3.77. The van der Waals surface area contributed by atoms with Crippen LogP contribution in [0.1, 0.15) is 55.4 Å². The van der Waals surface area contributed by atoms with Crippen molar-refractivity contribution in [3.63, 3.8) is 0 Å². The number of ether oxygens (including phenoxy) is 3. The van der Waals surface area contributed by atoms with Gasteiger partial charge in [-0.2, -0.15) is 0 Å². The maximum atomic E-state index is 13.3. The Morgan fingerprint density at radius 2 is 1.91 bits per heavy atom. The van der Waals surface area contributed by atoms with Crippen LogP contribution in [0, 0.1) is 0 Å². The van der Waals surface area contributed by atoms with E-state index < -0.39 is 53.2 Å². The van der Waals surface area contributed by atoms with Gasteiger partial charge in [0.15, 0.2) is 12.2 Å². The number of rotatable bonds is 9. The van der Waals surface area contributed by atoms with E-state index in [2.05, 4.69) is 10.2 Å². The SMILES string of the molecule is C[C@H](NC(=O)[C@@H](N)Cc1ccccc1)C(=O)O[C@@H](C)C(=O)OC1=CC[C@@]2(O)[C@H]3Cc4ccc(CO)c5c4[C@@]2(CCCN3C)[C@H]1O5. The fourth-order valence-corrected chi connectivity index (χ4v) is 7.75. The molecule has 1 spiro atoms. The lowest BCUT2D eigenvalue weighted by Gasteiger charge is -2.56. The average Bonchev–Trinajstić information content (AvgIpc) is 3.36. The molecule has 1 saturated heterocycles. The second-order valence-corrected chi connectivity index (χ2v) is 12.8. The Morgan fingerprint density at radius 1 is 1.16 bits per heavy atom. The van der Waals surface area contributed by atoms with E-state index in [-0.39, 0.29) is 24.8 Å². The van der Waals surface area contributed by atoms with Gasteiger partial charge in [-0.05, 0) is 70.3 Å². The van der Waals surface area contributed by atoms with Gasteiger partial charge in [0.2, 0.25) is 5.91 Å². The quantitative estimate of drug-likeness (QED) is 0.302. The second-order valence-electron chi connectivity index (χ2n) is 12.8. The minimum atomic E-state index is -1.29. The zero-order valence-electron chi connectivity index (χ0n) is 25.8. The van der Waals surface area contributed by atoms with Crippen LogP contribution in [0.3, 0.4) is 0 Å². The number of carbonyl (C=O) groups excluding carboxylic acids is 3. The summed E-state index contributed by atoms with van der Waals surface area (Å²) in [6, 6.07) is 11.1. The molecular weight excluding hydrogens is 578 g/mol. The van der Waals surface area contributed by atoms with Gasteiger partial charge < -0.3 is 40.4 Å². The molecular formula is C34H41N3O8. The third-order valence-corrected chi connectivity index (χ3v) is 10.0. The predicted molar refractivity (Wildman–Crippen MR) is 163 cm³/mol. The fraction of sp³-hybridized carbons (Fsp3) is 0.500. The molecule has 5 N–H and O–H groups in total. The molecule has 2 aliphatic carbocycles. The molecule has 2 aliphatic heterocycles. The molecule has 0 saturated carbocycles. The average molecular weight is 620 g/mol. The maximum Gasteiger partial charge on any atom is 0.352 e. The molecule has 2 bridgehead atoms. The molecule has 1 fully saturated rings. The lowest BCUT2D eigenvalue weighted by molar-refractivity contribution is -0.169. The topological polar surface area (TPSA) is 161 Å². The van der Waals surface area contributed by atoms with Crippen LogP contribution in [0.15, 0.2) is 54.3 Å². The highest BCUT2D eigenvalue weighted by atomic mass is 16.6. The number of hydrogen-bond acceptors (Lipinski definition) is 10. The summed E-state index contributed by atoms with van der Waals surface area (Å²) in [6.45, 7) is 3.42. The van der Waals surface area contributed by atoms with E-state index in [4.69, 9.17) is 19.9 Å². The van der Waals surface area contributed by atoms with Gasteiger partial charge in [-0.1, -0.05) is 42.5 Å². The second kappa shape index (κ2) is 11.9. The van der Waals surface area contributed by atoms with E-state index in [1.165, 1.54) is 13.8 Å². The highest BCUT2D eigenvalue weighted by Gasteiger charge is 2.70. The highest BCUT2D eigenvalue weighted by molar-refractivity contribution is 5.88. The minimum absolute atomic E-state index is 0.171. The molecule has 0 unspecified atom stereocenters. The van der Waals surface area contributed by atoms with Crippen LogP contribution in [-0.4, -0.2) is 82.5 Å². The predicted octanol–water partition coefficient (Wildman–Crippen LogP) is 1.40. The van der Waals surface area contributed by atoms with Crippen molar-refractivity contribution in [2.75, 3.05) is 13.6 Å². The van der Waals surface area contributed by atoms with Crippen molar-refractivity contribution < 1.29 is 38.8 Å². The van der Waals surface area contributed by atoms with Crippen LogP contribution < -0.4 is 15.8 Å². The lowest BCUT2D eigenvalue weighted by atomic mass is 9.52. The summed E-state index contributed by atoms with van der Waals surface area (Å²) in [7, 11) is 2.02. The molecule has 45 heavy (non-hydrogen) atoms. The summed E-state index contributed by atoms with van der Waals surface area (Å²) < 4.78 is 17.8. The van der Waals surface area contributed by atoms with Crippen molar-refractivity contribution in [2.24, 2.45) is 5.73 Å². The van der Waals surface area contributed by atoms with E-state index in [1.54, 1.807) is 6.08 Å². The van der Waals surface area contributed by atoms with Gasteiger partial charge in [-0.15, -0.1) is 0 Å². The molecule has 11 heteroatoms. The monoisotopic (exact) mass is 619 g/mol. The lowest BCUT2D eigenvalue weighted by Crippen LogP contribution is -2.69. The smallest absolute Gasteiger partial charge is 0.352 e. The van der Waals surface area contributed by atoms with Gasteiger partial charge in [-0.25, -0.2) is 9.59 Å². The number of nitrogens with one attached hydrogen (secondary N) is 1. The largest absolute Gasteiger partial charge is 0.481 e. The van der Waals surface area contributed by atoms with Gasteiger partial charge in [0.05, 0.1) is 23.7 Å². The number of amides is 1. The van der Waals surface area contributed by atoms with Crippen molar-refractivity contribution in [1.29, 1.82) is 0 Å². The number of hydrogen-bond donors (Lipinski definition) is 4. The Labute approximate surface area is 262 Å². The number of carbonyl (C=O) groups is 3. The normalized spacial score (nSPS) is 28.4. The van der Waals surface area contributed by atoms with E-state index >= 15 is 0 Å². The molecule has 0 aromatic heterocycles. The molecule has 2 aromatic rings. The van der Waals surface area contributed by atoms with Gasteiger partial charge in [-0.3, -0.25) is 4.79 Å². The third-order valence-electron chi connectivity index (χ3n) is 10.0. The van der Waals surface area contributed by atoms with Gasteiger partial charge in [0.25, 0.3) is 0 Å². The molecule has 11 nitrogen and oxygen atoms in total. The van der Waals surface area contributed by atoms with Crippen molar-refractivity contribution in [1.82, 2.24) is 10.2 Å². The van der Waals surface area contributed by atoms with E-state index in [0.717, 1.165) is 29.7 Å². The van der Waals surface area contributed by atoms with Crippen molar-refractivity contribution >= 4 is 17.8 Å². The summed E-state index contributed by atoms with van der Waals surface area (Å²) in [5.74, 6) is -1.35. The van der Waals surface area contributed by atoms with Crippen LogP contribution in [0.4, 0.5) is 0 Å². The first kappa shape index (κ1) is 31.2. The van der Waals surface area contributed by atoms with Gasteiger partial charge in [0.1, 0.15) is 17.6 Å². The van der Waals surface area contributed by atoms with Crippen LogP contribution >= 0.6 is 0 Å². The minimum Gasteiger partial charge on any atom is -0.481 e. The van der Waals surface area contributed by atoms with Crippen molar-refractivity contribution in [3.05, 3.63) is 76.6 Å². The Kier molecular flexibility index (Phi) is 8.23. The molecule has 2 heterocycles. The van der Waals surface area contributed by atoms with Crippen LogP contribution in [0.2, 0.25) is 0 Å². The zero-order valence-corrected chi connectivity index (χ0v) is 25.8. The first-order chi connectivity index (χ1) is 21.5. The van der Waals surface area contributed by atoms with E-state index in [1.807, 2.05) is 49.5 Å². The van der Waals surface area contributed by atoms with Gasteiger partial charge >= 0.3 is 11.9 Å². The van der Waals surface area contributed by atoms with Crippen LogP contribution in [0.25, 0.3) is 0 Å². The van der Waals surface area contributed by atoms with Crippen molar-refractivity contribution in [2.45, 2.75) is 93.9 Å². The third kappa shape index (κ3) is 5.11. The highest BCUT2D eigenvalue weighted by Crippen LogP contribution is 2.64. The zero-order chi connectivity index (χ0) is 32.1. The number of esters is 2. The number of benzene rings is 2. The van der Waals surface area contributed by atoms with E-state index in [9.17, 15) is 24.6 Å². The molecule has 0 radical (unpaired) electrons. The van der Waals surface area contributed by atoms with Crippen molar-refractivity contribution in [3.8, 4) is 5.75 Å². The summed E-state index contributed by atoms with van der Waals surface area (Å²) >= 11 is 0. The molecule has 2 aromatic carbocycles. The number of likely N-dealkylation sites (tertiary alicyclic amines) is 1. The molecule has 6 rings (SSSR count). The summed E-state index contributed by atoms with van der Waals surface area (Å²) in [5, 5.41) is 25.2. The number of nitrogens with zero attached hydrogens (tertiary/aromatic N) is 1. The fourth-order valence-electron chi connectivity index (χ4n) is 7.75. The summed E-state index contributed by atoms with van der Waals surface area (Å²) in [6.07, 6.45) is 2.19. The molecule has 1 amide bonds.